The lowest BCUT2D eigenvalue weighted by molar-refractivity contribution is -0.118. The van der Waals surface area contributed by atoms with Gasteiger partial charge in [0.15, 0.2) is 17.3 Å². The van der Waals surface area contributed by atoms with E-state index in [1.807, 2.05) is 42.5 Å². The summed E-state index contributed by atoms with van der Waals surface area (Å²) in [5.74, 6) is 1.77. The number of ether oxygens (including phenoxy) is 2. The van der Waals surface area contributed by atoms with Gasteiger partial charge in [0.1, 0.15) is 0 Å². The van der Waals surface area contributed by atoms with Gasteiger partial charge in [0, 0.05) is 11.3 Å². The average molecular weight is 470 g/mol. The lowest BCUT2D eigenvalue weighted by Gasteiger charge is -2.18. The third-order valence-corrected chi connectivity index (χ3v) is 6.64. The maximum Gasteiger partial charge on any atom is 0.235 e. The molecule has 0 saturated heterocycles. The van der Waals surface area contributed by atoms with Crippen LogP contribution in [-0.4, -0.2) is 40.8 Å². The van der Waals surface area contributed by atoms with Gasteiger partial charge in [0.2, 0.25) is 5.91 Å². The van der Waals surface area contributed by atoms with E-state index in [-0.39, 0.29) is 5.91 Å². The van der Waals surface area contributed by atoms with Crippen molar-refractivity contribution in [3.8, 4) is 34.0 Å². The molecule has 0 bridgehead atoms. The van der Waals surface area contributed by atoms with Crippen LogP contribution in [0.4, 0.5) is 5.69 Å². The Hall–Kier alpha value is -4.20. The average Bonchev–Trinajstić information content (AvgIpc) is 3.54. The van der Waals surface area contributed by atoms with Crippen LogP contribution in [0.1, 0.15) is 30.9 Å². The molecular formula is C27H27N5O3. The number of carbonyl (C=O) groups excluding carboxylic acids is 1. The van der Waals surface area contributed by atoms with Crippen molar-refractivity contribution in [2.24, 2.45) is 0 Å². The van der Waals surface area contributed by atoms with Crippen molar-refractivity contribution in [1.29, 1.82) is 0 Å². The molecule has 0 aliphatic heterocycles. The Morgan fingerprint density at radius 3 is 2.51 bits per heavy atom. The van der Waals surface area contributed by atoms with Crippen molar-refractivity contribution in [3.05, 3.63) is 71.8 Å². The monoisotopic (exact) mass is 469 g/mol. The number of anilines is 1. The number of nitrogens with zero attached hydrogens (tertiary/aromatic N) is 3. The lowest BCUT2D eigenvalue weighted by atomic mass is 9.92. The number of aromatic nitrogens is 4. The van der Waals surface area contributed by atoms with Crippen molar-refractivity contribution in [3.63, 3.8) is 0 Å². The van der Waals surface area contributed by atoms with Crippen molar-refractivity contribution >= 4 is 11.6 Å². The molecule has 0 unspecified atom stereocenters. The zero-order chi connectivity index (χ0) is 24.4. The molecule has 0 spiro atoms. The summed E-state index contributed by atoms with van der Waals surface area (Å²) in [5.41, 5.74) is 5.08. The maximum atomic E-state index is 13.4. The Kier molecular flexibility index (Phi) is 5.94. The van der Waals surface area contributed by atoms with Gasteiger partial charge in [-0.25, -0.2) is 5.10 Å². The summed E-state index contributed by atoms with van der Waals surface area (Å²) in [6.07, 6.45) is 2.63. The molecule has 8 nitrogen and oxygen atoms in total. The van der Waals surface area contributed by atoms with Gasteiger partial charge in [-0.15, -0.1) is 5.10 Å². The molecule has 0 radical (unpaired) electrons. The van der Waals surface area contributed by atoms with E-state index in [2.05, 4.69) is 51.1 Å². The molecule has 1 amide bonds. The number of H-pyrrole nitrogens is 1. The van der Waals surface area contributed by atoms with E-state index in [0.717, 1.165) is 41.5 Å². The molecule has 35 heavy (non-hydrogen) atoms. The van der Waals surface area contributed by atoms with Crippen LogP contribution < -0.4 is 14.8 Å². The number of rotatable bonds is 8. The number of carbonyl (C=O) groups is 1. The van der Waals surface area contributed by atoms with Crippen LogP contribution in [0.15, 0.2) is 60.7 Å². The number of aryl methyl sites for hydroxylation is 1. The second-order valence-electron chi connectivity index (χ2n) is 8.67. The zero-order valence-corrected chi connectivity index (χ0v) is 20.0. The Morgan fingerprint density at radius 2 is 1.83 bits per heavy atom. The van der Waals surface area contributed by atoms with E-state index in [9.17, 15) is 4.79 Å². The fraction of sp³-hybridized carbons (Fsp3) is 0.259. The Bertz CT molecular complexity index is 1360. The second kappa shape index (κ2) is 9.21. The summed E-state index contributed by atoms with van der Waals surface area (Å²) < 4.78 is 10.8. The Balaban J connectivity index is 1.49. The smallest absolute Gasteiger partial charge is 0.235 e. The molecule has 1 heterocycles. The molecule has 1 aromatic heterocycles. The summed E-state index contributed by atoms with van der Waals surface area (Å²) in [6.45, 7) is 2.12. The van der Waals surface area contributed by atoms with Crippen LogP contribution in [0.3, 0.4) is 0 Å². The molecule has 1 saturated carbocycles. The van der Waals surface area contributed by atoms with E-state index >= 15 is 0 Å². The minimum atomic E-state index is -0.471. The van der Waals surface area contributed by atoms with Crippen LogP contribution in [0, 0.1) is 0 Å². The number of hydrogen-bond acceptors (Lipinski definition) is 6. The molecule has 8 heteroatoms. The van der Waals surface area contributed by atoms with Gasteiger partial charge in [0.25, 0.3) is 0 Å². The first-order valence-electron chi connectivity index (χ1n) is 11.6. The molecule has 4 aromatic rings. The van der Waals surface area contributed by atoms with Gasteiger partial charge in [-0.2, -0.15) is 0 Å². The van der Waals surface area contributed by atoms with Crippen LogP contribution in [0.5, 0.6) is 11.5 Å². The Labute approximate surface area is 203 Å². The van der Waals surface area contributed by atoms with Crippen molar-refractivity contribution in [1.82, 2.24) is 20.6 Å². The normalized spacial score (nSPS) is 13.8. The maximum absolute atomic E-state index is 13.4. The largest absolute Gasteiger partial charge is 0.493 e. The first kappa shape index (κ1) is 22.6. The molecular weight excluding hydrogens is 442 g/mol. The summed E-state index contributed by atoms with van der Waals surface area (Å²) in [7, 11) is 3.21. The third-order valence-electron chi connectivity index (χ3n) is 6.64. The highest BCUT2D eigenvalue weighted by molar-refractivity contribution is 6.02. The fourth-order valence-electron chi connectivity index (χ4n) is 4.46. The highest BCUT2D eigenvalue weighted by Crippen LogP contribution is 2.49. The van der Waals surface area contributed by atoms with E-state index in [1.165, 1.54) is 5.56 Å². The molecule has 2 N–H and O–H groups in total. The third kappa shape index (κ3) is 4.23. The number of tetrazole rings is 1. The first-order chi connectivity index (χ1) is 17.1. The van der Waals surface area contributed by atoms with Crippen molar-refractivity contribution in [2.75, 3.05) is 19.5 Å². The number of benzene rings is 3. The summed E-state index contributed by atoms with van der Waals surface area (Å²) in [5, 5.41) is 17.6. The number of nitrogens with one attached hydrogen (secondary N) is 2. The van der Waals surface area contributed by atoms with Gasteiger partial charge in [-0.3, -0.25) is 4.79 Å². The van der Waals surface area contributed by atoms with Crippen LogP contribution in [0.2, 0.25) is 0 Å². The van der Waals surface area contributed by atoms with Crippen LogP contribution in [-0.2, 0) is 16.6 Å². The molecule has 1 fully saturated rings. The van der Waals surface area contributed by atoms with Crippen LogP contribution in [0.25, 0.3) is 22.5 Å². The highest BCUT2D eigenvalue weighted by Gasteiger charge is 2.51. The molecule has 0 atom stereocenters. The molecule has 3 aromatic carbocycles. The summed E-state index contributed by atoms with van der Waals surface area (Å²) in [4.78, 5) is 13.4. The SMILES string of the molecule is CCc1cccc(C2(C(=O)Nc3ccc(-c4ccc(OC)c(OC)c4)c(-c4nnn[nH]4)c3)CC2)c1. The van der Waals surface area contributed by atoms with Gasteiger partial charge >= 0.3 is 0 Å². The fourth-order valence-corrected chi connectivity index (χ4v) is 4.46. The van der Waals surface area contributed by atoms with Crippen molar-refractivity contribution in [2.45, 2.75) is 31.6 Å². The summed E-state index contributed by atoms with van der Waals surface area (Å²) in [6, 6.07) is 19.8. The predicted molar refractivity (Wildman–Crippen MR) is 134 cm³/mol. The second-order valence-corrected chi connectivity index (χ2v) is 8.67. The van der Waals surface area contributed by atoms with E-state index in [4.69, 9.17) is 9.47 Å². The van der Waals surface area contributed by atoms with Crippen molar-refractivity contribution < 1.29 is 14.3 Å². The van der Waals surface area contributed by atoms with E-state index in [0.29, 0.717) is 23.0 Å². The highest BCUT2D eigenvalue weighted by atomic mass is 16.5. The van der Waals surface area contributed by atoms with Gasteiger partial charge in [-0.1, -0.05) is 43.3 Å². The van der Waals surface area contributed by atoms with E-state index in [1.54, 1.807) is 14.2 Å². The molecule has 1 aliphatic carbocycles. The molecule has 5 rings (SSSR count). The predicted octanol–water partition coefficient (Wildman–Crippen LogP) is 4.78. The summed E-state index contributed by atoms with van der Waals surface area (Å²) >= 11 is 0. The first-order valence-corrected chi connectivity index (χ1v) is 11.6. The number of methoxy groups -OCH3 is 2. The molecule has 178 valence electrons. The minimum absolute atomic E-state index is 0.00580. The Morgan fingerprint density at radius 1 is 1.00 bits per heavy atom. The number of aromatic amines is 1. The quantitative estimate of drug-likeness (QED) is 0.385. The lowest BCUT2D eigenvalue weighted by Crippen LogP contribution is -2.28. The zero-order valence-electron chi connectivity index (χ0n) is 20.0. The minimum Gasteiger partial charge on any atom is -0.493 e. The molecule has 1 aliphatic rings. The standard InChI is InChI=1S/C27H27N5O3/c1-4-17-6-5-7-19(14-17)27(12-13-27)26(33)28-20-9-10-21(22(16-20)25-29-31-32-30-25)18-8-11-23(34-2)24(15-18)35-3/h5-11,14-16H,4,12-13H2,1-3H3,(H,28,33)(H,29,30,31,32). The van der Waals surface area contributed by atoms with E-state index < -0.39 is 5.41 Å². The number of hydrogen-bond donors (Lipinski definition) is 2. The topological polar surface area (TPSA) is 102 Å². The number of amides is 1. The van der Waals surface area contributed by atoms with Crippen LogP contribution >= 0.6 is 0 Å². The van der Waals surface area contributed by atoms with Gasteiger partial charge in [0.05, 0.1) is 19.6 Å². The van der Waals surface area contributed by atoms with Gasteiger partial charge in [-0.05, 0) is 76.2 Å². The van der Waals surface area contributed by atoms with Gasteiger partial charge < -0.3 is 14.8 Å².